The molecular weight excluding hydrogens is 550 g/mol. The van der Waals surface area contributed by atoms with Gasteiger partial charge in [0.25, 0.3) is 0 Å². The monoisotopic (exact) mass is 607 g/mol. The smallest absolute Gasteiger partial charge is 0.143 e. The fourth-order valence-electron chi connectivity index (χ4n) is 5.17. The van der Waals surface area contributed by atoms with E-state index in [0.717, 1.165) is 29.0 Å². The molecule has 0 aliphatic heterocycles. The molecule has 44 heavy (non-hydrogen) atoms. The molecule has 2 aromatic rings. The molecule has 0 saturated carbocycles. The van der Waals surface area contributed by atoms with Gasteiger partial charge in [-0.2, -0.15) is 5.26 Å². The van der Waals surface area contributed by atoms with E-state index in [4.69, 9.17) is 30.4 Å². The van der Waals surface area contributed by atoms with E-state index in [1.807, 2.05) is 48.5 Å². The van der Waals surface area contributed by atoms with Crippen LogP contribution in [0.1, 0.15) is 121 Å². The van der Waals surface area contributed by atoms with E-state index in [9.17, 15) is 0 Å². The number of hydrogen-bond donors (Lipinski definition) is 2. The summed E-state index contributed by atoms with van der Waals surface area (Å²) in [5, 5.41) is 20.7. The number of oxime groups is 1. The molecule has 7 heteroatoms. The Labute approximate surface area is 266 Å². The number of ether oxygens (including phenoxy) is 3. The summed E-state index contributed by atoms with van der Waals surface area (Å²) < 4.78 is 18.2. The largest absolute Gasteiger partial charge is 0.491 e. The van der Waals surface area contributed by atoms with Crippen LogP contribution in [0.25, 0.3) is 0 Å². The van der Waals surface area contributed by atoms with Gasteiger partial charge in [0.2, 0.25) is 0 Å². The van der Waals surface area contributed by atoms with Gasteiger partial charge in [-0.25, -0.2) is 0 Å². The van der Waals surface area contributed by atoms with Crippen LogP contribution in [0.15, 0.2) is 53.7 Å². The number of nitrogens with zero attached hydrogens (tertiary/aromatic N) is 2. The fraction of sp³-hybridized carbons (Fsp3) is 0.622. The second kappa shape index (κ2) is 25.1. The lowest BCUT2D eigenvalue weighted by atomic mass is 10.0. The topological polar surface area (TPSA) is 110 Å². The number of nitrogens with two attached hydrogens (primary N) is 1. The normalized spacial score (nSPS) is 12.1. The summed E-state index contributed by atoms with van der Waals surface area (Å²) in [7, 11) is 0. The summed E-state index contributed by atoms with van der Waals surface area (Å²) in [6.07, 6.45) is 22.1. The molecule has 2 rings (SSSR count). The summed E-state index contributed by atoms with van der Waals surface area (Å²) in [5.41, 5.74) is 7.51. The van der Waals surface area contributed by atoms with Gasteiger partial charge in [0.1, 0.15) is 36.7 Å². The molecular formula is C37H57N3O4. The maximum atomic E-state index is 8.89. The molecule has 0 aliphatic rings. The van der Waals surface area contributed by atoms with Crippen molar-refractivity contribution in [3.63, 3.8) is 0 Å². The molecule has 1 atom stereocenters. The predicted molar refractivity (Wildman–Crippen MR) is 180 cm³/mol. The molecule has 0 spiro atoms. The first-order valence-electron chi connectivity index (χ1n) is 17.0. The van der Waals surface area contributed by atoms with Crippen molar-refractivity contribution in [3.05, 3.63) is 59.7 Å². The highest BCUT2D eigenvalue weighted by Crippen LogP contribution is 2.17. The van der Waals surface area contributed by atoms with E-state index in [1.54, 1.807) is 0 Å². The van der Waals surface area contributed by atoms with Crippen LogP contribution in [0.4, 0.5) is 0 Å². The van der Waals surface area contributed by atoms with Crippen LogP contribution in [0.5, 0.6) is 11.5 Å². The standard InChI is InChI=1S/C37H57N3O4/c1-2-3-4-5-6-7-8-9-10-11-12-13-14-15-16-17-28-42-36(30-43-34-22-18-32(19-23-34)26-27-38)31-44-35-24-20-33(21-25-35)29-37(39)40-41/h18-25,36,41H,2-17,26,28-31H2,1H3,(H2,39,40). The fourth-order valence-corrected chi connectivity index (χ4v) is 5.17. The van der Waals surface area contributed by atoms with Crippen molar-refractivity contribution in [3.8, 4) is 17.6 Å². The number of rotatable bonds is 27. The van der Waals surface area contributed by atoms with Gasteiger partial charge in [-0.15, -0.1) is 0 Å². The lowest BCUT2D eigenvalue weighted by Crippen LogP contribution is -2.29. The number of benzene rings is 2. The van der Waals surface area contributed by atoms with Crippen LogP contribution < -0.4 is 15.2 Å². The van der Waals surface area contributed by atoms with Gasteiger partial charge in [-0.05, 0) is 41.8 Å². The van der Waals surface area contributed by atoms with E-state index >= 15 is 0 Å². The highest BCUT2D eigenvalue weighted by molar-refractivity contribution is 5.82. The summed E-state index contributed by atoms with van der Waals surface area (Å²) in [4.78, 5) is 0. The minimum absolute atomic E-state index is 0.166. The zero-order chi connectivity index (χ0) is 31.5. The maximum absolute atomic E-state index is 8.89. The minimum Gasteiger partial charge on any atom is -0.491 e. The molecule has 0 saturated heterocycles. The Bertz CT molecular complexity index is 1030. The zero-order valence-electron chi connectivity index (χ0n) is 27.2. The van der Waals surface area contributed by atoms with Gasteiger partial charge in [0.05, 0.1) is 12.5 Å². The van der Waals surface area contributed by atoms with Crippen molar-refractivity contribution < 1.29 is 19.4 Å². The second-order valence-corrected chi connectivity index (χ2v) is 11.8. The molecule has 0 fully saturated rings. The second-order valence-electron chi connectivity index (χ2n) is 11.8. The summed E-state index contributed by atoms with van der Waals surface area (Å²) in [6.45, 7) is 3.69. The molecule has 7 nitrogen and oxygen atoms in total. The zero-order valence-corrected chi connectivity index (χ0v) is 27.2. The van der Waals surface area contributed by atoms with E-state index in [1.165, 1.54) is 96.3 Å². The molecule has 3 N–H and O–H groups in total. The lowest BCUT2D eigenvalue weighted by Gasteiger charge is -2.19. The minimum atomic E-state index is -0.220. The molecule has 2 aromatic carbocycles. The van der Waals surface area contributed by atoms with Crippen molar-refractivity contribution in [2.75, 3.05) is 19.8 Å². The van der Waals surface area contributed by atoms with Crippen LogP contribution in [0.2, 0.25) is 0 Å². The summed E-state index contributed by atoms with van der Waals surface area (Å²) in [6, 6.07) is 17.3. The first kappa shape index (κ1) is 36.9. The molecule has 0 aromatic heterocycles. The van der Waals surface area contributed by atoms with Crippen molar-refractivity contribution in [1.29, 1.82) is 5.26 Å². The number of hydrogen-bond acceptors (Lipinski definition) is 6. The third-order valence-corrected chi connectivity index (χ3v) is 7.87. The number of amidine groups is 1. The van der Waals surface area contributed by atoms with Gasteiger partial charge >= 0.3 is 0 Å². The first-order valence-corrected chi connectivity index (χ1v) is 17.0. The molecule has 1 unspecified atom stereocenters. The molecule has 0 radical (unpaired) electrons. The van der Waals surface area contributed by atoms with Crippen LogP contribution in [-0.4, -0.2) is 37.0 Å². The van der Waals surface area contributed by atoms with E-state index < -0.39 is 0 Å². The average Bonchev–Trinajstić information content (AvgIpc) is 3.04. The van der Waals surface area contributed by atoms with Gasteiger partial charge in [-0.1, -0.05) is 133 Å². The quantitative estimate of drug-likeness (QED) is 0.0344. The van der Waals surface area contributed by atoms with Crippen LogP contribution in [0.3, 0.4) is 0 Å². The Morgan fingerprint density at radius 1 is 0.705 bits per heavy atom. The Hall–Kier alpha value is -3.24. The van der Waals surface area contributed by atoms with Crippen LogP contribution >= 0.6 is 0 Å². The van der Waals surface area contributed by atoms with E-state index in [2.05, 4.69) is 18.1 Å². The van der Waals surface area contributed by atoms with Gasteiger partial charge in [-0.3, -0.25) is 0 Å². The van der Waals surface area contributed by atoms with Crippen molar-refractivity contribution in [2.24, 2.45) is 10.9 Å². The Kier molecular flexibility index (Phi) is 21.1. The summed E-state index contributed by atoms with van der Waals surface area (Å²) >= 11 is 0. The van der Waals surface area contributed by atoms with Gasteiger partial charge < -0.3 is 25.2 Å². The van der Waals surface area contributed by atoms with Crippen molar-refractivity contribution in [1.82, 2.24) is 0 Å². The maximum Gasteiger partial charge on any atom is 0.143 e. The average molecular weight is 608 g/mol. The first-order chi connectivity index (χ1) is 21.6. The van der Waals surface area contributed by atoms with Crippen molar-refractivity contribution >= 4 is 5.84 Å². The highest BCUT2D eigenvalue weighted by Gasteiger charge is 2.13. The predicted octanol–water partition coefficient (Wildman–Crippen LogP) is 9.15. The van der Waals surface area contributed by atoms with E-state index in [-0.39, 0.29) is 11.9 Å². The third-order valence-electron chi connectivity index (χ3n) is 7.87. The molecule has 0 bridgehead atoms. The summed E-state index contributed by atoms with van der Waals surface area (Å²) in [5.74, 6) is 1.64. The highest BCUT2D eigenvalue weighted by atomic mass is 16.6. The van der Waals surface area contributed by atoms with Gasteiger partial charge in [0.15, 0.2) is 0 Å². The Morgan fingerprint density at radius 2 is 1.14 bits per heavy atom. The SMILES string of the molecule is CCCCCCCCCCCCCCCCCCOC(COc1ccc(CC#N)cc1)COc1ccc(C/C(N)=N/O)cc1. The van der Waals surface area contributed by atoms with E-state index in [0.29, 0.717) is 32.7 Å². The third kappa shape index (κ3) is 18.4. The van der Waals surface area contributed by atoms with Crippen LogP contribution in [-0.2, 0) is 17.6 Å². The number of unbranched alkanes of at least 4 members (excludes halogenated alkanes) is 15. The van der Waals surface area contributed by atoms with Crippen molar-refractivity contribution in [2.45, 2.75) is 129 Å². The molecule has 0 aliphatic carbocycles. The molecule has 0 amide bonds. The van der Waals surface area contributed by atoms with Gasteiger partial charge in [0, 0.05) is 13.0 Å². The molecule has 244 valence electrons. The Morgan fingerprint density at radius 3 is 1.57 bits per heavy atom. The lowest BCUT2D eigenvalue weighted by molar-refractivity contribution is -0.00880. The number of nitriles is 1. The Balaban J connectivity index is 1.63. The molecule has 0 heterocycles. The van der Waals surface area contributed by atoms with Crippen LogP contribution in [0, 0.1) is 11.3 Å².